The average molecular weight is 515 g/mol. The van der Waals surface area contributed by atoms with Gasteiger partial charge in [0.05, 0.1) is 18.2 Å². The third kappa shape index (κ3) is 4.99. The maximum absolute atomic E-state index is 14.0. The van der Waals surface area contributed by atoms with Crippen LogP contribution in [0.4, 0.5) is 11.5 Å². The molecular formula is C26H26N8O2S. The minimum absolute atomic E-state index is 0.112. The van der Waals surface area contributed by atoms with E-state index in [9.17, 15) is 10.1 Å². The highest BCUT2D eigenvalue weighted by Gasteiger charge is 2.38. The fraction of sp³-hybridized carbons (Fsp3) is 0.269. The topological polar surface area (TPSA) is 124 Å². The first-order valence-corrected chi connectivity index (χ1v) is 12.7. The van der Waals surface area contributed by atoms with Crippen LogP contribution in [0.1, 0.15) is 18.1 Å². The summed E-state index contributed by atoms with van der Waals surface area (Å²) in [6.45, 7) is 5.13. The Bertz CT molecular complexity index is 1450. The van der Waals surface area contributed by atoms with Crippen LogP contribution in [0.5, 0.6) is 11.8 Å². The van der Waals surface area contributed by atoms with E-state index in [4.69, 9.17) is 14.9 Å². The molecule has 2 aromatic carbocycles. The van der Waals surface area contributed by atoms with E-state index in [-0.39, 0.29) is 24.4 Å². The van der Waals surface area contributed by atoms with Crippen molar-refractivity contribution < 1.29 is 4.74 Å². The van der Waals surface area contributed by atoms with Crippen LogP contribution in [0, 0.1) is 23.3 Å². The van der Waals surface area contributed by atoms with Gasteiger partial charge in [-0.2, -0.15) is 10.2 Å². The van der Waals surface area contributed by atoms with Crippen LogP contribution in [0.2, 0.25) is 0 Å². The smallest absolute Gasteiger partial charge is 0.307 e. The molecule has 1 fully saturated rings. The number of nitrogens with one attached hydrogen (secondary N) is 2. The normalized spacial score (nSPS) is 16.8. The van der Waals surface area contributed by atoms with Crippen molar-refractivity contribution in [2.45, 2.75) is 24.7 Å². The van der Waals surface area contributed by atoms with Gasteiger partial charge in [0.15, 0.2) is 17.8 Å². The van der Waals surface area contributed by atoms with Crippen molar-refractivity contribution in [2.24, 2.45) is 5.14 Å². The molecule has 37 heavy (non-hydrogen) atoms. The molecule has 1 unspecified atom stereocenters. The number of benzene rings is 2. The molecule has 2 aliphatic heterocycles. The molecule has 2 aliphatic rings. The van der Waals surface area contributed by atoms with Gasteiger partial charge in [-0.05, 0) is 54.8 Å². The second-order valence-corrected chi connectivity index (χ2v) is 9.19. The molecule has 0 bridgehead atoms. The molecule has 1 saturated heterocycles. The van der Waals surface area contributed by atoms with Crippen molar-refractivity contribution in [3.63, 3.8) is 0 Å². The highest BCUT2D eigenvalue weighted by Crippen LogP contribution is 2.34. The zero-order valence-corrected chi connectivity index (χ0v) is 21.1. The van der Waals surface area contributed by atoms with Crippen LogP contribution >= 0.6 is 11.9 Å². The summed E-state index contributed by atoms with van der Waals surface area (Å²) < 4.78 is 7.59. The summed E-state index contributed by atoms with van der Waals surface area (Å²) in [7, 11) is 0. The van der Waals surface area contributed by atoms with Gasteiger partial charge in [-0.15, -0.1) is 0 Å². The number of aromatic nitrogens is 2. The lowest BCUT2D eigenvalue weighted by Crippen LogP contribution is -2.55. The van der Waals surface area contributed by atoms with E-state index in [1.807, 2.05) is 24.3 Å². The van der Waals surface area contributed by atoms with E-state index in [2.05, 4.69) is 33.6 Å². The van der Waals surface area contributed by atoms with Gasteiger partial charge in [0.25, 0.3) is 5.56 Å². The first-order valence-electron chi connectivity index (χ1n) is 11.8. The van der Waals surface area contributed by atoms with Crippen LogP contribution in [0.3, 0.4) is 0 Å². The highest BCUT2D eigenvalue weighted by molar-refractivity contribution is 7.97. The predicted octanol–water partition coefficient (Wildman–Crippen LogP) is 2.32. The fourth-order valence-corrected chi connectivity index (χ4v) is 4.71. The molecule has 11 heteroatoms. The van der Waals surface area contributed by atoms with E-state index in [1.54, 1.807) is 36.1 Å². The number of nitrogens with zero attached hydrogens (tertiary/aromatic N) is 5. The number of hydrogen-bond acceptors (Lipinski definition) is 10. The molecule has 0 radical (unpaired) electrons. The molecule has 0 saturated carbocycles. The lowest BCUT2D eigenvalue weighted by atomic mass is 10.1. The minimum Gasteiger partial charge on any atom is -0.425 e. The third-order valence-corrected chi connectivity index (χ3v) is 6.77. The van der Waals surface area contributed by atoms with Crippen molar-refractivity contribution in [1.82, 2.24) is 19.8 Å². The Labute approximate surface area is 219 Å². The number of hydrogen-bond donors (Lipinski definition) is 3. The summed E-state index contributed by atoms with van der Waals surface area (Å²) in [4.78, 5) is 23.6. The molecule has 0 spiro atoms. The Hall–Kier alpha value is -4.00. The summed E-state index contributed by atoms with van der Waals surface area (Å²) in [5.41, 5.74) is 1.21. The first kappa shape index (κ1) is 24.7. The molecular weight excluding hydrogens is 488 g/mol. The van der Waals surface area contributed by atoms with Gasteiger partial charge in [0, 0.05) is 37.1 Å². The highest BCUT2D eigenvalue weighted by atomic mass is 32.2. The number of fused-ring (bicyclic) bond motifs is 1. The zero-order valence-electron chi connectivity index (χ0n) is 20.3. The van der Waals surface area contributed by atoms with E-state index in [1.165, 1.54) is 4.57 Å². The average Bonchev–Trinajstić information content (AvgIpc) is 3.30. The van der Waals surface area contributed by atoms with E-state index in [0.717, 1.165) is 43.0 Å². The summed E-state index contributed by atoms with van der Waals surface area (Å²) in [5.74, 6) is 3.85. The van der Waals surface area contributed by atoms with Crippen molar-refractivity contribution in [3.05, 3.63) is 70.0 Å². The monoisotopic (exact) mass is 514 g/mol. The van der Waals surface area contributed by atoms with Crippen LogP contribution in [0.15, 0.2) is 58.2 Å². The number of piperazine rings is 1. The second-order valence-electron chi connectivity index (χ2n) is 8.48. The summed E-state index contributed by atoms with van der Waals surface area (Å²) in [5, 5.41) is 22.0. The third-order valence-electron chi connectivity index (χ3n) is 6.23. The molecule has 1 aromatic heterocycles. The van der Waals surface area contributed by atoms with Gasteiger partial charge in [-0.1, -0.05) is 24.1 Å². The maximum Gasteiger partial charge on any atom is 0.307 e. The van der Waals surface area contributed by atoms with Gasteiger partial charge in [0.1, 0.15) is 5.75 Å². The molecule has 1 atom stereocenters. The second kappa shape index (κ2) is 10.9. The molecule has 10 nitrogen and oxygen atoms in total. The Balaban J connectivity index is 1.61. The quantitative estimate of drug-likeness (QED) is 0.333. The van der Waals surface area contributed by atoms with Crippen molar-refractivity contribution in [3.8, 4) is 29.8 Å². The SMILES string of the molecule is CC#CN1c2c(nc(Oc3ccc(SN)cc3)n(Cc3ccccc3C#N)c2=O)NC1N1CCNCC1. The lowest BCUT2D eigenvalue weighted by molar-refractivity contribution is 0.196. The van der Waals surface area contributed by atoms with Crippen LogP contribution in [-0.2, 0) is 6.54 Å². The Kier molecular flexibility index (Phi) is 7.30. The van der Waals surface area contributed by atoms with Gasteiger partial charge < -0.3 is 15.4 Å². The molecule has 0 aliphatic carbocycles. The first-order chi connectivity index (χ1) is 18.1. The number of anilines is 2. The maximum atomic E-state index is 14.0. The standard InChI is InChI=1S/C26H26N8O2S/c1-2-13-33-22-23(30-25(33)32-14-11-29-12-15-32)31-26(36-20-7-9-21(37-28)10-8-20)34(24(22)35)17-19-6-4-3-5-18(19)16-27/h3-10,25,29-30H,11-12,14-15,17,28H2,1H3. The van der Waals surface area contributed by atoms with Crippen LogP contribution in [0.25, 0.3) is 0 Å². The van der Waals surface area contributed by atoms with E-state index < -0.39 is 0 Å². The number of nitriles is 1. The Morgan fingerprint density at radius 2 is 1.95 bits per heavy atom. The molecule has 3 heterocycles. The molecule has 4 N–H and O–H groups in total. The van der Waals surface area contributed by atoms with Gasteiger partial charge in [0.2, 0.25) is 0 Å². The predicted molar refractivity (Wildman–Crippen MR) is 143 cm³/mol. The summed E-state index contributed by atoms with van der Waals surface area (Å²) in [6, 6.07) is 19.8. The van der Waals surface area contributed by atoms with Crippen molar-refractivity contribution in [1.29, 1.82) is 5.26 Å². The van der Waals surface area contributed by atoms with Crippen molar-refractivity contribution in [2.75, 3.05) is 36.4 Å². The van der Waals surface area contributed by atoms with E-state index in [0.29, 0.717) is 28.4 Å². The number of ether oxygens (including phenoxy) is 1. The van der Waals surface area contributed by atoms with Crippen LogP contribution < -0.4 is 31.0 Å². The van der Waals surface area contributed by atoms with Gasteiger partial charge in [-0.25, -0.2) is 0 Å². The molecule has 188 valence electrons. The summed E-state index contributed by atoms with van der Waals surface area (Å²) >= 11 is 1.14. The Morgan fingerprint density at radius 1 is 1.19 bits per heavy atom. The molecule has 0 amide bonds. The van der Waals surface area contributed by atoms with Crippen molar-refractivity contribution >= 4 is 23.5 Å². The Morgan fingerprint density at radius 3 is 2.65 bits per heavy atom. The van der Waals surface area contributed by atoms with Gasteiger partial charge in [-0.3, -0.25) is 24.3 Å². The lowest BCUT2D eigenvalue weighted by Gasteiger charge is -2.35. The zero-order chi connectivity index (χ0) is 25.8. The minimum atomic E-state index is -0.333. The molecule has 5 rings (SSSR count). The number of nitrogens with two attached hydrogens (primary N) is 1. The largest absolute Gasteiger partial charge is 0.425 e. The van der Waals surface area contributed by atoms with Crippen LogP contribution in [-0.4, -0.2) is 46.9 Å². The van der Waals surface area contributed by atoms with Gasteiger partial charge >= 0.3 is 6.01 Å². The van der Waals surface area contributed by atoms with E-state index >= 15 is 0 Å². The molecule has 3 aromatic rings. The summed E-state index contributed by atoms with van der Waals surface area (Å²) in [6.07, 6.45) is -0.333. The fourth-order valence-electron chi connectivity index (χ4n) is 4.42. The number of rotatable bonds is 6.